The predicted octanol–water partition coefficient (Wildman–Crippen LogP) is 2.42. The van der Waals surface area contributed by atoms with E-state index in [1.165, 1.54) is 6.42 Å². The maximum atomic E-state index is 12.2. The van der Waals surface area contributed by atoms with Gasteiger partial charge in [0.05, 0.1) is 11.7 Å². The third-order valence-corrected chi connectivity index (χ3v) is 5.50. The summed E-state index contributed by atoms with van der Waals surface area (Å²) in [6.45, 7) is 4.58. The first-order valence-electron chi connectivity index (χ1n) is 10.0. The molecule has 2 N–H and O–H groups in total. The van der Waals surface area contributed by atoms with E-state index in [-0.39, 0.29) is 11.9 Å². The van der Waals surface area contributed by atoms with Crippen molar-refractivity contribution in [1.82, 2.24) is 20.5 Å². The maximum absolute atomic E-state index is 12.2. The molecule has 0 radical (unpaired) electrons. The van der Waals surface area contributed by atoms with Gasteiger partial charge in [0.25, 0.3) is 0 Å². The largest absolute Gasteiger partial charge is 0.444 e. The van der Waals surface area contributed by atoms with Crippen molar-refractivity contribution in [1.29, 1.82) is 0 Å². The summed E-state index contributed by atoms with van der Waals surface area (Å²) in [4.78, 5) is 19.2. The molecule has 4 rings (SSSR count). The van der Waals surface area contributed by atoms with Crippen LogP contribution >= 0.6 is 0 Å². The summed E-state index contributed by atoms with van der Waals surface area (Å²) in [5.41, 5.74) is 1.97. The summed E-state index contributed by atoms with van der Waals surface area (Å²) in [7, 11) is 0. The van der Waals surface area contributed by atoms with Crippen LogP contribution in [0.2, 0.25) is 0 Å². The van der Waals surface area contributed by atoms with Crippen molar-refractivity contribution in [2.24, 2.45) is 5.92 Å². The molecule has 2 aliphatic rings. The standard InChI is InChI=1S/C21H28N4O2/c26-20(19-9-4-10-22-19)23-12-16-6-5-11-25(13-16)14-18-15-27-21(24-18)17-7-2-1-3-8-17/h1-3,7-8,15-16,19,22H,4-6,9-14H2,(H,23,26). The monoisotopic (exact) mass is 368 g/mol. The van der Waals surface area contributed by atoms with E-state index in [1.54, 1.807) is 6.26 Å². The number of rotatable bonds is 6. The topological polar surface area (TPSA) is 70.4 Å². The molecule has 2 atom stereocenters. The molecule has 1 aromatic heterocycles. The first kappa shape index (κ1) is 18.2. The van der Waals surface area contributed by atoms with Crippen molar-refractivity contribution in [3.8, 4) is 11.5 Å². The van der Waals surface area contributed by atoms with Crippen LogP contribution in [0.25, 0.3) is 11.5 Å². The number of aromatic nitrogens is 1. The molecule has 2 aromatic rings. The Labute approximate surface area is 160 Å². The average Bonchev–Trinajstić information content (AvgIpc) is 3.39. The molecule has 27 heavy (non-hydrogen) atoms. The summed E-state index contributed by atoms with van der Waals surface area (Å²) in [5, 5.41) is 6.40. The number of hydrogen-bond acceptors (Lipinski definition) is 5. The number of piperidine rings is 1. The Morgan fingerprint density at radius 3 is 2.96 bits per heavy atom. The molecule has 0 spiro atoms. The third kappa shape index (κ3) is 4.76. The highest BCUT2D eigenvalue weighted by molar-refractivity contribution is 5.81. The lowest BCUT2D eigenvalue weighted by molar-refractivity contribution is -0.123. The van der Waals surface area contributed by atoms with Gasteiger partial charge in [-0.2, -0.15) is 0 Å². The van der Waals surface area contributed by atoms with Crippen molar-refractivity contribution in [2.45, 2.75) is 38.3 Å². The minimum Gasteiger partial charge on any atom is -0.444 e. The van der Waals surface area contributed by atoms with Gasteiger partial charge >= 0.3 is 0 Å². The van der Waals surface area contributed by atoms with Gasteiger partial charge in [-0.15, -0.1) is 0 Å². The molecule has 6 heteroatoms. The second-order valence-corrected chi connectivity index (χ2v) is 7.65. The van der Waals surface area contributed by atoms with Gasteiger partial charge in [-0.05, 0) is 56.8 Å². The number of nitrogens with one attached hydrogen (secondary N) is 2. The zero-order valence-corrected chi connectivity index (χ0v) is 15.7. The fourth-order valence-corrected chi connectivity index (χ4v) is 4.06. The van der Waals surface area contributed by atoms with Gasteiger partial charge in [0.15, 0.2) is 0 Å². The molecule has 2 aliphatic heterocycles. The van der Waals surface area contributed by atoms with E-state index in [9.17, 15) is 4.79 Å². The number of hydrogen-bond donors (Lipinski definition) is 2. The Bertz CT molecular complexity index is 740. The van der Waals surface area contributed by atoms with Gasteiger partial charge in [0.2, 0.25) is 11.8 Å². The fraction of sp³-hybridized carbons (Fsp3) is 0.524. The van der Waals surface area contributed by atoms with Crippen molar-refractivity contribution < 1.29 is 9.21 Å². The summed E-state index contributed by atoms with van der Waals surface area (Å²) in [6.07, 6.45) is 6.14. The molecule has 2 fully saturated rings. The molecule has 6 nitrogen and oxygen atoms in total. The number of benzene rings is 1. The number of likely N-dealkylation sites (tertiary alicyclic amines) is 1. The minimum atomic E-state index is 0.0104. The van der Waals surface area contributed by atoms with Crippen LogP contribution in [0.1, 0.15) is 31.4 Å². The molecule has 0 saturated carbocycles. The van der Waals surface area contributed by atoms with Crippen LogP contribution in [0.5, 0.6) is 0 Å². The van der Waals surface area contributed by atoms with E-state index < -0.39 is 0 Å². The molecular formula is C21H28N4O2. The highest BCUT2D eigenvalue weighted by Crippen LogP contribution is 2.21. The minimum absolute atomic E-state index is 0.0104. The van der Waals surface area contributed by atoms with Crippen LogP contribution in [-0.4, -0.2) is 48.0 Å². The molecule has 0 aliphatic carbocycles. The lowest BCUT2D eigenvalue weighted by Gasteiger charge is -2.32. The van der Waals surface area contributed by atoms with Gasteiger partial charge in [0.1, 0.15) is 6.26 Å². The fourth-order valence-electron chi connectivity index (χ4n) is 4.06. The van der Waals surface area contributed by atoms with Gasteiger partial charge < -0.3 is 15.1 Å². The van der Waals surface area contributed by atoms with Gasteiger partial charge in [0, 0.05) is 25.2 Å². The van der Waals surface area contributed by atoms with Crippen LogP contribution < -0.4 is 10.6 Å². The second kappa shape index (κ2) is 8.67. The highest BCUT2D eigenvalue weighted by Gasteiger charge is 2.25. The zero-order chi connectivity index (χ0) is 18.5. The first-order chi connectivity index (χ1) is 13.3. The number of carbonyl (C=O) groups excluding carboxylic acids is 1. The van der Waals surface area contributed by atoms with Crippen molar-refractivity contribution >= 4 is 5.91 Å². The predicted molar refractivity (Wildman–Crippen MR) is 104 cm³/mol. The normalized spacial score (nSPS) is 23.4. The van der Waals surface area contributed by atoms with E-state index in [0.29, 0.717) is 11.8 Å². The lowest BCUT2D eigenvalue weighted by atomic mass is 9.97. The van der Waals surface area contributed by atoms with E-state index in [4.69, 9.17) is 4.42 Å². The smallest absolute Gasteiger partial charge is 0.237 e. The van der Waals surface area contributed by atoms with E-state index in [0.717, 1.165) is 63.2 Å². The maximum Gasteiger partial charge on any atom is 0.237 e. The van der Waals surface area contributed by atoms with Crippen molar-refractivity contribution in [3.63, 3.8) is 0 Å². The lowest BCUT2D eigenvalue weighted by Crippen LogP contribution is -2.45. The van der Waals surface area contributed by atoms with E-state index >= 15 is 0 Å². The van der Waals surface area contributed by atoms with E-state index in [1.807, 2.05) is 30.3 Å². The Balaban J connectivity index is 1.27. The number of nitrogens with zero attached hydrogens (tertiary/aromatic N) is 2. The summed E-state index contributed by atoms with van der Waals surface area (Å²) in [6, 6.07) is 10.00. The molecule has 2 unspecified atom stereocenters. The van der Waals surface area contributed by atoms with Crippen LogP contribution in [0.15, 0.2) is 41.0 Å². The molecule has 144 valence electrons. The molecule has 1 aromatic carbocycles. The molecule has 3 heterocycles. The molecule has 1 amide bonds. The van der Waals surface area contributed by atoms with Crippen LogP contribution in [-0.2, 0) is 11.3 Å². The Morgan fingerprint density at radius 1 is 1.26 bits per heavy atom. The SMILES string of the molecule is O=C(NCC1CCCN(Cc2coc(-c3ccccc3)n2)C1)C1CCCN1. The van der Waals surface area contributed by atoms with E-state index in [2.05, 4.69) is 20.5 Å². The van der Waals surface area contributed by atoms with Crippen LogP contribution in [0.3, 0.4) is 0 Å². The van der Waals surface area contributed by atoms with Crippen LogP contribution in [0.4, 0.5) is 0 Å². The molecular weight excluding hydrogens is 340 g/mol. The summed E-state index contributed by atoms with van der Waals surface area (Å²) in [5.74, 6) is 1.34. The number of oxazole rings is 1. The van der Waals surface area contributed by atoms with Crippen LogP contribution in [0, 0.1) is 5.92 Å². The van der Waals surface area contributed by atoms with Gasteiger partial charge in [-0.3, -0.25) is 9.69 Å². The third-order valence-electron chi connectivity index (χ3n) is 5.50. The Hall–Kier alpha value is -2.18. The van der Waals surface area contributed by atoms with Gasteiger partial charge in [-0.1, -0.05) is 18.2 Å². The Kier molecular flexibility index (Phi) is 5.84. The highest BCUT2D eigenvalue weighted by atomic mass is 16.3. The number of amides is 1. The average molecular weight is 368 g/mol. The number of carbonyl (C=O) groups is 1. The molecule has 0 bridgehead atoms. The second-order valence-electron chi connectivity index (χ2n) is 7.65. The Morgan fingerprint density at radius 2 is 2.15 bits per heavy atom. The molecule has 2 saturated heterocycles. The van der Waals surface area contributed by atoms with Crippen molar-refractivity contribution in [3.05, 3.63) is 42.3 Å². The van der Waals surface area contributed by atoms with Gasteiger partial charge in [-0.25, -0.2) is 4.98 Å². The summed E-state index contributed by atoms with van der Waals surface area (Å²) >= 11 is 0. The zero-order valence-electron chi connectivity index (χ0n) is 15.7. The quantitative estimate of drug-likeness (QED) is 0.819. The van der Waals surface area contributed by atoms with Crippen molar-refractivity contribution in [2.75, 3.05) is 26.2 Å². The first-order valence-corrected chi connectivity index (χ1v) is 10.0. The summed E-state index contributed by atoms with van der Waals surface area (Å²) < 4.78 is 5.65.